The summed E-state index contributed by atoms with van der Waals surface area (Å²) < 4.78 is 24.0. The Bertz CT molecular complexity index is 1470. The fourth-order valence-corrected chi connectivity index (χ4v) is 4.53. The number of hydrogen-bond donors (Lipinski definition) is 1. The van der Waals surface area contributed by atoms with Gasteiger partial charge < -0.3 is 14.8 Å². The van der Waals surface area contributed by atoms with E-state index in [4.69, 9.17) is 26.1 Å². The number of nitriles is 1. The van der Waals surface area contributed by atoms with E-state index in [0.29, 0.717) is 44.1 Å². The highest BCUT2D eigenvalue weighted by Gasteiger charge is 2.18. The molecule has 0 aliphatic heterocycles. The summed E-state index contributed by atoms with van der Waals surface area (Å²) in [5.74, 6) is 0.364. The molecule has 0 spiro atoms. The van der Waals surface area contributed by atoms with Crippen molar-refractivity contribution < 1.29 is 18.7 Å². The summed E-state index contributed by atoms with van der Waals surface area (Å²) in [6.07, 6.45) is 0. The van der Waals surface area contributed by atoms with Crippen molar-refractivity contribution in [1.82, 2.24) is 4.98 Å². The first-order valence-corrected chi connectivity index (χ1v) is 12.4. The van der Waals surface area contributed by atoms with Crippen LogP contribution in [0.5, 0.6) is 11.5 Å². The zero-order valence-electron chi connectivity index (χ0n) is 19.9. The number of carbonyl (C=O) groups is 1. The lowest BCUT2D eigenvalue weighted by Gasteiger charge is -2.14. The van der Waals surface area contributed by atoms with Gasteiger partial charge in [-0.25, -0.2) is 9.37 Å². The van der Waals surface area contributed by atoms with Crippen LogP contribution in [0.25, 0.3) is 22.4 Å². The Balaban J connectivity index is 1.73. The molecule has 0 fully saturated rings. The van der Waals surface area contributed by atoms with Crippen LogP contribution in [-0.4, -0.2) is 30.9 Å². The van der Waals surface area contributed by atoms with Crippen LogP contribution in [0.3, 0.4) is 0 Å². The molecule has 1 N–H and O–H groups in total. The second-order valence-electron chi connectivity index (χ2n) is 7.77. The Morgan fingerprint density at radius 1 is 1.00 bits per heavy atom. The van der Waals surface area contributed by atoms with Crippen molar-refractivity contribution in [3.63, 3.8) is 0 Å². The van der Waals surface area contributed by atoms with Gasteiger partial charge in [0, 0.05) is 21.8 Å². The molecule has 1 aromatic heterocycles. The van der Waals surface area contributed by atoms with Gasteiger partial charge in [-0.2, -0.15) is 5.26 Å². The Morgan fingerprint density at radius 3 is 2.32 bits per heavy atom. The molecule has 0 aliphatic carbocycles. The van der Waals surface area contributed by atoms with Crippen molar-refractivity contribution in [2.45, 2.75) is 5.03 Å². The summed E-state index contributed by atoms with van der Waals surface area (Å²) in [5, 5.41) is 13.8. The molecule has 1 heterocycles. The summed E-state index contributed by atoms with van der Waals surface area (Å²) in [6.45, 7) is 0. The molecular weight excluding hydrogens is 513 g/mol. The molecule has 0 saturated heterocycles. The van der Waals surface area contributed by atoms with Gasteiger partial charge >= 0.3 is 0 Å². The Kier molecular flexibility index (Phi) is 8.29. The number of thioether (sulfide) groups is 1. The SMILES string of the molecule is COc1ccc(-c2cc(-c3ccc(Cl)cc3)nc(SCC(=O)Nc3ccc(F)cc3)c2C#N)cc1OC. The highest BCUT2D eigenvalue weighted by molar-refractivity contribution is 8.00. The number of pyridine rings is 1. The molecule has 0 radical (unpaired) electrons. The van der Waals surface area contributed by atoms with E-state index in [-0.39, 0.29) is 11.7 Å². The summed E-state index contributed by atoms with van der Waals surface area (Å²) in [7, 11) is 3.09. The van der Waals surface area contributed by atoms with Gasteiger partial charge in [-0.3, -0.25) is 4.79 Å². The smallest absolute Gasteiger partial charge is 0.234 e. The lowest BCUT2D eigenvalue weighted by atomic mass is 9.99. The minimum atomic E-state index is -0.392. The number of ether oxygens (including phenoxy) is 2. The summed E-state index contributed by atoms with van der Waals surface area (Å²) in [6, 6.07) is 22.1. The average Bonchev–Trinajstić information content (AvgIpc) is 2.92. The first-order chi connectivity index (χ1) is 17.9. The molecule has 4 aromatic rings. The van der Waals surface area contributed by atoms with Gasteiger partial charge in [-0.05, 0) is 60.2 Å². The number of rotatable bonds is 8. The molecule has 186 valence electrons. The van der Waals surface area contributed by atoms with Crippen LogP contribution in [0, 0.1) is 17.1 Å². The predicted molar refractivity (Wildman–Crippen MR) is 144 cm³/mol. The number of amides is 1. The van der Waals surface area contributed by atoms with E-state index in [1.165, 1.54) is 24.3 Å². The molecule has 6 nitrogen and oxygen atoms in total. The van der Waals surface area contributed by atoms with Crippen LogP contribution < -0.4 is 14.8 Å². The lowest BCUT2D eigenvalue weighted by molar-refractivity contribution is -0.113. The van der Waals surface area contributed by atoms with Crippen molar-refractivity contribution in [3.8, 4) is 40.0 Å². The molecule has 0 aliphatic rings. The molecule has 9 heteroatoms. The number of benzene rings is 3. The molecule has 4 rings (SSSR count). The molecule has 0 atom stereocenters. The van der Waals surface area contributed by atoms with Gasteiger partial charge in [0.05, 0.1) is 31.2 Å². The number of nitrogens with zero attached hydrogens (tertiary/aromatic N) is 2. The Labute approximate surface area is 223 Å². The number of methoxy groups -OCH3 is 2. The van der Waals surface area contributed by atoms with Crippen molar-refractivity contribution in [1.29, 1.82) is 5.26 Å². The first-order valence-electron chi connectivity index (χ1n) is 11.0. The van der Waals surface area contributed by atoms with Crippen LogP contribution in [0.2, 0.25) is 5.02 Å². The van der Waals surface area contributed by atoms with Crippen LogP contribution in [0.15, 0.2) is 77.8 Å². The standard InChI is InChI=1S/C28H21ClFN3O3S/c1-35-25-12-5-18(13-26(25)36-2)22-14-24(17-3-6-19(29)7-4-17)33-28(23(22)15-31)37-16-27(34)32-21-10-8-20(30)9-11-21/h3-14H,16H2,1-2H3,(H,32,34). The summed E-state index contributed by atoms with van der Waals surface area (Å²) in [4.78, 5) is 17.3. The lowest BCUT2D eigenvalue weighted by Crippen LogP contribution is -2.14. The largest absolute Gasteiger partial charge is 0.493 e. The van der Waals surface area contributed by atoms with E-state index in [9.17, 15) is 14.4 Å². The maximum atomic E-state index is 13.2. The van der Waals surface area contributed by atoms with Crippen LogP contribution in [0.1, 0.15) is 5.56 Å². The molecule has 3 aromatic carbocycles. The van der Waals surface area contributed by atoms with E-state index < -0.39 is 5.82 Å². The van der Waals surface area contributed by atoms with Crippen molar-refractivity contribution in [2.75, 3.05) is 25.3 Å². The third-order valence-corrected chi connectivity index (χ3v) is 6.63. The normalized spacial score (nSPS) is 10.5. The van der Waals surface area contributed by atoms with Crippen molar-refractivity contribution in [3.05, 3.63) is 89.2 Å². The van der Waals surface area contributed by atoms with Crippen LogP contribution >= 0.6 is 23.4 Å². The summed E-state index contributed by atoms with van der Waals surface area (Å²) >= 11 is 7.21. The molecule has 0 bridgehead atoms. The first kappa shape index (κ1) is 26.0. The number of halogens is 2. The van der Waals surface area contributed by atoms with E-state index in [2.05, 4.69) is 11.4 Å². The van der Waals surface area contributed by atoms with E-state index in [1.807, 2.05) is 24.3 Å². The Hall–Kier alpha value is -4.06. The third kappa shape index (κ3) is 6.20. The van der Waals surface area contributed by atoms with E-state index in [0.717, 1.165) is 22.9 Å². The minimum absolute atomic E-state index is 0.00546. The fourth-order valence-electron chi connectivity index (χ4n) is 3.60. The maximum absolute atomic E-state index is 13.2. The zero-order valence-corrected chi connectivity index (χ0v) is 21.5. The number of nitrogens with one attached hydrogen (secondary N) is 1. The van der Waals surface area contributed by atoms with Gasteiger partial charge in [-0.1, -0.05) is 41.6 Å². The number of anilines is 1. The minimum Gasteiger partial charge on any atom is -0.493 e. The van der Waals surface area contributed by atoms with Gasteiger partial charge in [0.1, 0.15) is 16.9 Å². The van der Waals surface area contributed by atoms with Gasteiger partial charge in [0.2, 0.25) is 5.91 Å². The van der Waals surface area contributed by atoms with Crippen LogP contribution in [-0.2, 0) is 4.79 Å². The van der Waals surface area contributed by atoms with Gasteiger partial charge in [0.15, 0.2) is 11.5 Å². The van der Waals surface area contributed by atoms with Crippen LogP contribution in [0.4, 0.5) is 10.1 Å². The zero-order chi connectivity index (χ0) is 26.4. The van der Waals surface area contributed by atoms with Crippen molar-refractivity contribution >= 4 is 35.0 Å². The second kappa shape index (κ2) is 11.8. The monoisotopic (exact) mass is 533 g/mol. The Morgan fingerprint density at radius 2 is 1.68 bits per heavy atom. The van der Waals surface area contributed by atoms with Gasteiger partial charge in [0.25, 0.3) is 0 Å². The highest BCUT2D eigenvalue weighted by Crippen LogP contribution is 2.38. The number of hydrogen-bond acceptors (Lipinski definition) is 6. The predicted octanol–water partition coefficient (Wildman–Crippen LogP) is 6.83. The molecule has 0 saturated carbocycles. The fraction of sp³-hybridized carbons (Fsp3) is 0.107. The number of carbonyl (C=O) groups excluding carboxylic acids is 1. The quantitative estimate of drug-likeness (QED) is 0.250. The molecule has 0 unspecified atom stereocenters. The number of aromatic nitrogens is 1. The summed E-state index contributed by atoms with van der Waals surface area (Å²) in [5.41, 5.74) is 3.57. The molecule has 1 amide bonds. The third-order valence-electron chi connectivity index (χ3n) is 5.40. The van der Waals surface area contributed by atoms with Crippen molar-refractivity contribution in [2.24, 2.45) is 0 Å². The average molecular weight is 534 g/mol. The molecular formula is C28H21ClFN3O3S. The topological polar surface area (TPSA) is 84.2 Å². The second-order valence-corrected chi connectivity index (χ2v) is 9.17. The highest BCUT2D eigenvalue weighted by atomic mass is 35.5. The molecule has 37 heavy (non-hydrogen) atoms. The van der Waals surface area contributed by atoms with Gasteiger partial charge in [-0.15, -0.1) is 0 Å². The van der Waals surface area contributed by atoms with E-state index in [1.54, 1.807) is 38.5 Å². The van der Waals surface area contributed by atoms with E-state index >= 15 is 0 Å². The maximum Gasteiger partial charge on any atom is 0.234 e.